The molecule has 39 heavy (non-hydrogen) atoms. The van der Waals surface area contributed by atoms with Gasteiger partial charge in [0.15, 0.2) is 0 Å². The lowest BCUT2D eigenvalue weighted by Gasteiger charge is -2.17. The molecular weight excluding hydrogens is 513 g/mol. The van der Waals surface area contributed by atoms with E-state index in [4.69, 9.17) is 5.26 Å². The van der Waals surface area contributed by atoms with E-state index in [1.54, 1.807) is 30.3 Å². The monoisotopic (exact) mass is 536 g/mol. The molecule has 2 atom stereocenters. The van der Waals surface area contributed by atoms with Gasteiger partial charge in [-0.1, -0.05) is 6.07 Å². The lowest BCUT2D eigenvalue weighted by atomic mass is 10.1. The van der Waals surface area contributed by atoms with Gasteiger partial charge < -0.3 is 10.4 Å². The van der Waals surface area contributed by atoms with Crippen LogP contribution in [0.4, 0.5) is 18.0 Å². The van der Waals surface area contributed by atoms with Crippen molar-refractivity contribution in [3.63, 3.8) is 0 Å². The van der Waals surface area contributed by atoms with E-state index in [2.05, 4.69) is 10.4 Å². The number of carbonyl (C=O) groups excluding carboxylic acids is 1. The van der Waals surface area contributed by atoms with Crippen LogP contribution in [0.25, 0.3) is 22.8 Å². The second-order valence-corrected chi connectivity index (χ2v) is 9.28. The summed E-state index contributed by atoms with van der Waals surface area (Å²) >= 11 is 0. The lowest BCUT2D eigenvalue weighted by Crippen LogP contribution is -2.45. The first kappa shape index (κ1) is 26.0. The molecule has 0 spiro atoms. The number of nitriles is 1. The van der Waals surface area contributed by atoms with Crippen molar-refractivity contribution >= 4 is 6.03 Å². The quantitative estimate of drug-likeness (QED) is 0.406. The molecule has 1 aliphatic carbocycles. The number of benzene rings is 2. The zero-order valence-corrected chi connectivity index (χ0v) is 20.7. The predicted molar refractivity (Wildman–Crippen MR) is 135 cm³/mol. The van der Waals surface area contributed by atoms with Crippen LogP contribution in [0.1, 0.15) is 36.1 Å². The van der Waals surface area contributed by atoms with Gasteiger partial charge in [0.05, 0.1) is 58.3 Å². The van der Waals surface area contributed by atoms with Gasteiger partial charge in [-0.2, -0.15) is 23.5 Å². The molecule has 1 amide bonds. The fraction of sp³-hybridized carbons (Fsp3) is 0.259. The number of nitrogens with zero attached hydrogens (tertiary/aromatic N) is 5. The van der Waals surface area contributed by atoms with Crippen LogP contribution in [0.3, 0.4) is 0 Å². The van der Waals surface area contributed by atoms with Crippen molar-refractivity contribution in [2.45, 2.75) is 44.5 Å². The molecule has 200 valence electrons. The second-order valence-electron chi connectivity index (χ2n) is 9.28. The number of aliphatic hydroxyl groups is 1. The van der Waals surface area contributed by atoms with Gasteiger partial charge >= 0.3 is 17.9 Å². The van der Waals surface area contributed by atoms with Gasteiger partial charge in [-0.05, 0) is 74.7 Å². The van der Waals surface area contributed by atoms with Crippen LogP contribution in [0.2, 0.25) is 0 Å². The van der Waals surface area contributed by atoms with Crippen LogP contribution in [-0.2, 0) is 6.18 Å². The molecule has 5 rings (SSSR count). The topological polar surface area (TPSA) is 118 Å². The van der Waals surface area contributed by atoms with Crippen molar-refractivity contribution in [3.05, 3.63) is 88.1 Å². The summed E-state index contributed by atoms with van der Waals surface area (Å²) in [6, 6.07) is 13.0. The number of amides is 1. The Morgan fingerprint density at radius 2 is 1.87 bits per heavy atom. The lowest BCUT2D eigenvalue weighted by molar-refractivity contribution is -0.137. The molecule has 2 aromatic heterocycles. The summed E-state index contributed by atoms with van der Waals surface area (Å²) in [7, 11) is 0. The molecule has 1 fully saturated rings. The molecule has 0 aliphatic heterocycles. The van der Waals surface area contributed by atoms with E-state index in [1.807, 2.05) is 6.07 Å². The van der Waals surface area contributed by atoms with E-state index in [-0.39, 0.29) is 17.1 Å². The molecule has 0 radical (unpaired) electrons. The molecular formula is C27H23F3N6O3. The Morgan fingerprint density at radius 3 is 2.51 bits per heavy atom. The molecule has 2 aromatic carbocycles. The first-order valence-electron chi connectivity index (χ1n) is 12.2. The van der Waals surface area contributed by atoms with Crippen LogP contribution < -0.4 is 11.0 Å². The Bertz CT molecular complexity index is 1640. The number of hydrogen-bond donors (Lipinski definition) is 2. The third kappa shape index (κ3) is 4.72. The molecule has 4 aromatic rings. The third-order valence-electron chi connectivity index (χ3n) is 6.83. The highest BCUT2D eigenvalue weighted by Gasteiger charge is 2.33. The molecule has 2 heterocycles. The van der Waals surface area contributed by atoms with Gasteiger partial charge in [-0.25, -0.2) is 18.8 Å². The number of imidazole rings is 1. The SMILES string of the molecule is Cc1c(-c2ccnn2-c2ccc(C#N)cc2)n(C(=O)N[C@@H]2CCC[C@H]2O)c(=O)n1-c1cccc(C(F)(F)F)c1. The molecule has 9 nitrogen and oxygen atoms in total. The van der Waals surface area contributed by atoms with Gasteiger partial charge in [0.25, 0.3) is 0 Å². The van der Waals surface area contributed by atoms with Crippen LogP contribution in [0.15, 0.2) is 65.6 Å². The molecule has 1 saturated carbocycles. The number of aliphatic hydroxyl groups excluding tert-OH is 1. The Morgan fingerprint density at radius 1 is 1.13 bits per heavy atom. The van der Waals surface area contributed by atoms with E-state index in [0.29, 0.717) is 36.2 Å². The number of rotatable bonds is 4. The number of nitrogens with one attached hydrogen (secondary N) is 1. The number of aromatic nitrogens is 4. The average molecular weight is 537 g/mol. The zero-order chi connectivity index (χ0) is 27.9. The Kier molecular flexibility index (Phi) is 6.61. The highest BCUT2D eigenvalue weighted by Crippen LogP contribution is 2.32. The summed E-state index contributed by atoms with van der Waals surface area (Å²) < 4.78 is 43.8. The highest BCUT2D eigenvalue weighted by atomic mass is 19.4. The van der Waals surface area contributed by atoms with Gasteiger partial charge in [0, 0.05) is 0 Å². The first-order valence-corrected chi connectivity index (χ1v) is 12.2. The number of alkyl halides is 3. The number of hydrogen-bond acceptors (Lipinski definition) is 5. The molecule has 0 bridgehead atoms. The normalized spacial score (nSPS) is 17.2. The first-order chi connectivity index (χ1) is 18.6. The molecule has 1 aliphatic rings. The Balaban J connectivity index is 1.71. The smallest absolute Gasteiger partial charge is 0.391 e. The minimum atomic E-state index is -4.64. The molecule has 2 N–H and O–H groups in total. The summed E-state index contributed by atoms with van der Waals surface area (Å²) in [5.41, 5.74) is -0.286. The van der Waals surface area contributed by atoms with E-state index < -0.39 is 35.6 Å². The largest absolute Gasteiger partial charge is 0.416 e. The van der Waals surface area contributed by atoms with Gasteiger partial charge in [-0.3, -0.25) is 4.57 Å². The summed E-state index contributed by atoms with van der Waals surface area (Å²) in [5, 5.41) is 26.4. The van der Waals surface area contributed by atoms with Crippen LogP contribution in [0.5, 0.6) is 0 Å². The van der Waals surface area contributed by atoms with Crippen molar-refractivity contribution in [1.29, 1.82) is 5.26 Å². The minimum Gasteiger partial charge on any atom is -0.391 e. The number of carbonyl (C=O) groups is 1. The van der Waals surface area contributed by atoms with Gasteiger partial charge in [0.2, 0.25) is 0 Å². The van der Waals surface area contributed by atoms with Gasteiger partial charge in [0.1, 0.15) is 5.69 Å². The summed E-state index contributed by atoms with van der Waals surface area (Å²) in [6.45, 7) is 1.53. The maximum Gasteiger partial charge on any atom is 0.416 e. The average Bonchev–Trinajstić information content (AvgIpc) is 3.61. The van der Waals surface area contributed by atoms with Crippen LogP contribution in [0, 0.1) is 18.3 Å². The summed E-state index contributed by atoms with van der Waals surface area (Å²) in [6.07, 6.45) is -2.23. The van der Waals surface area contributed by atoms with Crippen molar-refractivity contribution in [2.24, 2.45) is 0 Å². The Labute approximate surface area is 220 Å². The maximum absolute atomic E-state index is 13.8. The minimum absolute atomic E-state index is 0.0644. The van der Waals surface area contributed by atoms with Gasteiger partial charge in [-0.15, -0.1) is 0 Å². The predicted octanol–water partition coefficient (Wildman–Crippen LogP) is 4.16. The summed E-state index contributed by atoms with van der Waals surface area (Å²) in [5.74, 6) is 0. The molecule has 0 saturated heterocycles. The molecule has 0 unspecified atom stereocenters. The van der Waals surface area contributed by atoms with E-state index in [0.717, 1.165) is 21.3 Å². The van der Waals surface area contributed by atoms with E-state index in [9.17, 15) is 27.9 Å². The Hall–Kier alpha value is -4.63. The van der Waals surface area contributed by atoms with E-state index in [1.165, 1.54) is 29.9 Å². The highest BCUT2D eigenvalue weighted by molar-refractivity contribution is 5.83. The second kappa shape index (κ2) is 9.92. The van der Waals surface area contributed by atoms with Crippen LogP contribution >= 0.6 is 0 Å². The fourth-order valence-electron chi connectivity index (χ4n) is 4.92. The number of halogens is 3. The fourth-order valence-corrected chi connectivity index (χ4v) is 4.92. The van der Waals surface area contributed by atoms with Crippen molar-refractivity contribution < 1.29 is 23.1 Å². The maximum atomic E-state index is 13.8. The standard InChI is InChI=1S/C27H23F3N6O3/c1-16-24(22-12-13-32-36(22)19-10-8-17(15-31)9-11-19)35(25(38)33-21-6-3-7-23(21)37)26(39)34(16)20-5-2-4-18(14-20)27(28,29)30/h2,4-5,8-14,21,23,37H,3,6-7H2,1H3,(H,33,38)/t21-,23-/m1/s1. The third-order valence-corrected chi connectivity index (χ3v) is 6.83. The van der Waals surface area contributed by atoms with Crippen molar-refractivity contribution in [2.75, 3.05) is 0 Å². The van der Waals surface area contributed by atoms with Crippen molar-refractivity contribution in [1.82, 2.24) is 24.2 Å². The molecule has 12 heteroatoms. The zero-order valence-electron chi connectivity index (χ0n) is 20.7. The van der Waals surface area contributed by atoms with Crippen LogP contribution in [-0.4, -0.2) is 42.2 Å². The summed E-state index contributed by atoms with van der Waals surface area (Å²) in [4.78, 5) is 27.3. The van der Waals surface area contributed by atoms with Crippen molar-refractivity contribution in [3.8, 4) is 28.8 Å². The van der Waals surface area contributed by atoms with E-state index >= 15 is 0 Å².